The zero-order valence-electron chi connectivity index (χ0n) is 19.4. The van der Waals surface area contributed by atoms with Crippen LogP contribution in [0, 0.1) is 6.92 Å². The Morgan fingerprint density at radius 2 is 1.50 bits per heavy atom. The summed E-state index contributed by atoms with van der Waals surface area (Å²) in [6.45, 7) is 13.2. The smallest absolute Gasteiger partial charge is 0.278 e. The molecule has 0 atom stereocenters. The molecule has 2 aliphatic rings. The number of anilines is 2. The number of hydrogen-bond acceptors (Lipinski definition) is 5. The summed E-state index contributed by atoms with van der Waals surface area (Å²) in [5.74, 6) is -0.526. The number of imide groups is 1. The molecule has 2 amide bonds. The second-order valence-electron chi connectivity index (χ2n) is 8.78. The molecular weight excluding hydrogens is 400 g/mol. The molecule has 168 valence electrons. The maximum atomic E-state index is 13.2. The van der Waals surface area contributed by atoms with Gasteiger partial charge >= 0.3 is 0 Å². The number of carbonyl (C=O) groups is 2. The van der Waals surface area contributed by atoms with Crippen molar-refractivity contribution in [2.45, 2.75) is 33.7 Å². The van der Waals surface area contributed by atoms with Crippen LogP contribution in [0.25, 0.3) is 5.57 Å². The molecule has 2 aromatic carbocycles. The van der Waals surface area contributed by atoms with E-state index in [1.165, 1.54) is 10.6 Å². The molecule has 0 unspecified atom stereocenters. The summed E-state index contributed by atoms with van der Waals surface area (Å²) >= 11 is 0. The lowest BCUT2D eigenvalue weighted by Gasteiger charge is -2.35. The molecule has 6 heteroatoms. The SMILES string of the molecule is CCN1CCN(c2ccc(NC3=C(c4ccc(C)cc4)C(=O)N(C(C)C)C3=O)cc2)CC1. The first-order valence-corrected chi connectivity index (χ1v) is 11.4. The van der Waals surface area contributed by atoms with Crippen molar-refractivity contribution in [2.24, 2.45) is 0 Å². The number of carbonyl (C=O) groups excluding carboxylic acids is 2. The summed E-state index contributed by atoms with van der Waals surface area (Å²) < 4.78 is 0. The molecule has 0 radical (unpaired) electrons. The van der Waals surface area contributed by atoms with Gasteiger partial charge in [0.05, 0.1) is 5.57 Å². The highest BCUT2D eigenvalue weighted by Gasteiger charge is 2.40. The third-order valence-electron chi connectivity index (χ3n) is 6.29. The van der Waals surface area contributed by atoms with Gasteiger partial charge in [-0.25, -0.2) is 0 Å². The van der Waals surface area contributed by atoms with Crippen molar-refractivity contribution < 1.29 is 9.59 Å². The zero-order chi connectivity index (χ0) is 22.8. The zero-order valence-corrected chi connectivity index (χ0v) is 19.4. The molecule has 0 aromatic heterocycles. The number of rotatable bonds is 6. The fourth-order valence-electron chi connectivity index (χ4n) is 4.34. The normalized spacial score (nSPS) is 17.7. The van der Waals surface area contributed by atoms with Crippen LogP contribution in [0.2, 0.25) is 0 Å². The van der Waals surface area contributed by atoms with E-state index in [0.29, 0.717) is 11.3 Å². The van der Waals surface area contributed by atoms with Crippen molar-refractivity contribution in [3.05, 3.63) is 65.4 Å². The van der Waals surface area contributed by atoms with E-state index in [1.54, 1.807) is 0 Å². The van der Waals surface area contributed by atoms with E-state index in [0.717, 1.165) is 49.5 Å². The Morgan fingerprint density at radius 3 is 2.06 bits per heavy atom. The number of piperazine rings is 1. The molecule has 4 rings (SSSR count). The minimum absolute atomic E-state index is 0.209. The Hall–Kier alpha value is -3.12. The van der Waals surface area contributed by atoms with Crippen LogP contribution in [0.15, 0.2) is 54.2 Å². The fourth-order valence-corrected chi connectivity index (χ4v) is 4.34. The first-order valence-electron chi connectivity index (χ1n) is 11.4. The number of aryl methyl sites for hydroxylation is 1. The van der Waals surface area contributed by atoms with Crippen LogP contribution < -0.4 is 10.2 Å². The lowest BCUT2D eigenvalue weighted by molar-refractivity contribution is -0.138. The number of amides is 2. The van der Waals surface area contributed by atoms with Gasteiger partial charge in [-0.2, -0.15) is 0 Å². The monoisotopic (exact) mass is 432 g/mol. The van der Waals surface area contributed by atoms with Crippen molar-refractivity contribution in [1.29, 1.82) is 0 Å². The second kappa shape index (κ2) is 9.17. The highest BCUT2D eigenvalue weighted by Crippen LogP contribution is 2.32. The quantitative estimate of drug-likeness (QED) is 0.705. The Balaban J connectivity index is 1.59. The van der Waals surface area contributed by atoms with Gasteiger partial charge in [0.15, 0.2) is 0 Å². The van der Waals surface area contributed by atoms with Crippen LogP contribution >= 0.6 is 0 Å². The lowest BCUT2D eigenvalue weighted by atomic mass is 10.0. The minimum Gasteiger partial charge on any atom is -0.369 e. The highest BCUT2D eigenvalue weighted by atomic mass is 16.2. The van der Waals surface area contributed by atoms with E-state index in [-0.39, 0.29) is 17.9 Å². The Labute approximate surface area is 190 Å². The van der Waals surface area contributed by atoms with Crippen LogP contribution in [0.4, 0.5) is 11.4 Å². The summed E-state index contributed by atoms with van der Waals surface area (Å²) in [5, 5.41) is 3.26. The van der Waals surface area contributed by atoms with Gasteiger partial charge in [-0.1, -0.05) is 36.8 Å². The van der Waals surface area contributed by atoms with Crippen molar-refractivity contribution in [3.8, 4) is 0 Å². The van der Waals surface area contributed by atoms with Crippen LogP contribution in [-0.2, 0) is 9.59 Å². The third-order valence-corrected chi connectivity index (χ3v) is 6.29. The summed E-state index contributed by atoms with van der Waals surface area (Å²) in [6.07, 6.45) is 0. The summed E-state index contributed by atoms with van der Waals surface area (Å²) in [6, 6.07) is 15.6. The Kier molecular flexibility index (Phi) is 6.33. The predicted molar refractivity (Wildman–Crippen MR) is 129 cm³/mol. The first kappa shape index (κ1) is 22.1. The van der Waals surface area contributed by atoms with Crippen LogP contribution in [0.5, 0.6) is 0 Å². The molecule has 2 aliphatic heterocycles. The molecule has 0 saturated carbocycles. The number of nitrogens with one attached hydrogen (secondary N) is 1. The maximum Gasteiger partial charge on any atom is 0.278 e. The summed E-state index contributed by atoms with van der Waals surface area (Å²) in [7, 11) is 0. The fraction of sp³-hybridized carbons (Fsp3) is 0.385. The van der Waals surface area contributed by atoms with Crippen LogP contribution in [-0.4, -0.2) is 60.4 Å². The van der Waals surface area contributed by atoms with E-state index >= 15 is 0 Å². The molecule has 0 bridgehead atoms. The number of likely N-dealkylation sites (N-methyl/N-ethyl adjacent to an activating group) is 1. The molecule has 32 heavy (non-hydrogen) atoms. The molecule has 2 heterocycles. The molecule has 2 aromatic rings. The highest BCUT2D eigenvalue weighted by molar-refractivity contribution is 6.36. The molecule has 1 fully saturated rings. The molecule has 1 N–H and O–H groups in total. The largest absolute Gasteiger partial charge is 0.369 e. The topological polar surface area (TPSA) is 55.9 Å². The van der Waals surface area contributed by atoms with E-state index in [4.69, 9.17) is 0 Å². The van der Waals surface area contributed by atoms with Gasteiger partial charge in [0.25, 0.3) is 11.8 Å². The first-order chi connectivity index (χ1) is 15.4. The van der Waals surface area contributed by atoms with Crippen molar-refractivity contribution in [2.75, 3.05) is 42.9 Å². The summed E-state index contributed by atoms with van der Waals surface area (Å²) in [5.41, 5.74) is 4.62. The minimum atomic E-state index is -0.277. The van der Waals surface area contributed by atoms with Crippen molar-refractivity contribution in [1.82, 2.24) is 9.80 Å². The maximum absolute atomic E-state index is 13.2. The number of hydrogen-bond donors (Lipinski definition) is 1. The van der Waals surface area contributed by atoms with Gasteiger partial charge in [0.2, 0.25) is 0 Å². The van der Waals surface area contributed by atoms with E-state index < -0.39 is 0 Å². The Morgan fingerprint density at radius 1 is 0.875 bits per heavy atom. The molecule has 1 saturated heterocycles. The number of benzene rings is 2. The average molecular weight is 433 g/mol. The predicted octanol–water partition coefficient (Wildman–Crippen LogP) is 3.74. The molecular formula is C26H32N4O2. The standard InChI is InChI=1S/C26H32N4O2/c1-5-28-14-16-29(17-15-28)22-12-10-21(11-13-22)27-24-23(20-8-6-19(4)7-9-20)25(31)30(18(2)3)26(24)32/h6-13,18,27H,5,14-17H2,1-4H3. The van der Waals surface area contributed by atoms with Crippen LogP contribution in [0.1, 0.15) is 31.9 Å². The van der Waals surface area contributed by atoms with E-state index in [9.17, 15) is 9.59 Å². The third kappa shape index (κ3) is 4.28. The van der Waals surface area contributed by atoms with Gasteiger partial charge in [-0.15, -0.1) is 0 Å². The van der Waals surface area contributed by atoms with Gasteiger partial charge in [-0.3, -0.25) is 14.5 Å². The van der Waals surface area contributed by atoms with E-state index in [2.05, 4.69) is 34.2 Å². The van der Waals surface area contributed by atoms with Gasteiger partial charge in [0.1, 0.15) is 5.70 Å². The Bertz CT molecular complexity index is 1020. The lowest BCUT2D eigenvalue weighted by Crippen LogP contribution is -2.46. The molecule has 0 aliphatic carbocycles. The molecule has 0 spiro atoms. The van der Waals surface area contributed by atoms with Crippen LogP contribution in [0.3, 0.4) is 0 Å². The van der Waals surface area contributed by atoms with Crippen molar-refractivity contribution in [3.63, 3.8) is 0 Å². The van der Waals surface area contributed by atoms with E-state index in [1.807, 2.05) is 57.2 Å². The van der Waals surface area contributed by atoms with Gasteiger partial charge in [-0.05, 0) is 57.1 Å². The van der Waals surface area contributed by atoms with Crippen molar-refractivity contribution >= 4 is 28.8 Å². The number of nitrogens with zero attached hydrogens (tertiary/aromatic N) is 3. The molecule has 6 nitrogen and oxygen atoms in total. The average Bonchev–Trinajstić information content (AvgIpc) is 3.04. The summed E-state index contributed by atoms with van der Waals surface area (Å²) in [4.78, 5) is 32.5. The van der Waals surface area contributed by atoms with Gasteiger partial charge < -0.3 is 15.1 Å². The van der Waals surface area contributed by atoms with Gasteiger partial charge in [0, 0.05) is 43.6 Å². The second-order valence-corrected chi connectivity index (χ2v) is 8.78.